The third-order valence-corrected chi connectivity index (χ3v) is 8.09. The van der Waals surface area contributed by atoms with Crippen LogP contribution >= 0.6 is 0 Å². The van der Waals surface area contributed by atoms with Gasteiger partial charge < -0.3 is 15.5 Å². The normalized spacial score (nSPS) is 14.8. The number of allylic oxidation sites excluding steroid dienone is 7. The van der Waals surface area contributed by atoms with Crippen molar-refractivity contribution in [2.24, 2.45) is 0 Å². The van der Waals surface area contributed by atoms with Crippen molar-refractivity contribution in [3.05, 3.63) is 48.6 Å². The molecular formula is C35H63NO6S. The Labute approximate surface area is 263 Å². The molecule has 7 nitrogen and oxygen atoms in total. The maximum Gasteiger partial charge on any atom is 0.267 e. The highest BCUT2D eigenvalue weighted by Gasteiger charge is 2.27. The van der Waals surface area contributed by atoms with Crippen LogP contribution in [0.25, 0.3) is 0 Å². The lowest BCUT2D eigenvalue weighted by molar-refractivity contribution is -0.130. The van der Waals surface area contributed by atoms with Gasteiger partial charge in [-0.2, -0.15) is 8.42 Å². The molecular weight excluding hydrogens is 562 g/mol. The van der Waals surface area contributed by atoms with Crippen molar-refractivity contribution < 1.29 is 28.0 Å². The number of aliphatic hydroxyl groups is 2. The van der Waals surface area contributed by atoms with Crippen molar-refractivity contribution in [3.8, 4) is 0 Å². The molecule has 0 rings (SSSR count). The molecule has 0 aromatic heterocycles. The molecule has 0 spiro atoms. The maximum absolute atomic E-state index is 12.4. The summed E-state index contributed by atoms with van der Waals surface area (Å²) in [7, 11) is -4.45. The number of carbonyl (C=O) groups is 1. The third-order valence-electron chi connectivity index (χ3n) is 7.31. The van der Waals surface area contributed by atoms with Crippen LogP contribution in [0, 0.1) is 0 Å². The fourth-order valence-corrected chi connectivity index (χ4v) is 5.38. The summed E-state index contributed by atoms with van der Waals surface area (Å²) in [5, 5.41) is 23.1. The predicted octanol–water partition coefficient (Wildman–Crippen LogP) is 8.15. The van der Waals surface area contributed by atoms with Gasteiger partial charge >= 0.3 is 0 Å². The highest BCUT2D eigenvalue weighted by molar-refractivity contribution is 7.85. The minimum absolute atomic E-state index is 0.247. The molecule has 3 unspecified atom stereocenters. The fraction of sp³-hybridized carbons (Fsp3) is 0.743. The van der Waals surface area contributed by atoms with E-state index >= 15 is 0 Å². The first-order chi connectivity index (χ1) is 20.7. The molecule has 0 saturated carbocycles. The van der Waals surface area contributed by atoms with Gasteiger partial charge in [0.1, 0.15) is 6.10 Å². The zero-order chi connectivity index (χ0) is 32.0. The molecule has 0 bridgehead atoms. The summed E-state index contributed by atoms with van der Waals surface area (Å²) in [6.07, 6.45) is 34.7. The van der Waals surface area contributed by atoms with Gasteiger partial charge in [-0.3, -0.25) is 9.35 Å². The monoisotopic (exact) mass is 625 g/mol. The smallest absolute Gasteiger partial charge is 0.267 e. The van der Waals surface area contributed by atoms with E-state index in [1.807, 2.05) is 0 Å². The summed E-state index contributed by atoms with van der Waals surface area (Å²) in [5.41, 5.74) is 0. The Morgan fingerprint density at radius 3 is 1.60 bits per heavy atom. The van der Waals surface area contributed by atoms with Gasteiger partial charge in [0.2, 0.25) is 5.91 Å². The average Bonchev–Trinajstić information content (AvgIpc) is 2.96. The number of hydrogen-bond acceptors (Lipinski definition) is 5. The number of hydrogen-bond donors (Lipinski definition) is 4. The van der Waals surface area contributed by atoms with Gasteiger partial charge in [-0.05, 0) is 64.2 Å². The lowest BCUT2D eigenvalue weighted by Gasteiger charge is -2.22. The molecule has 0 saturated heterocycles. The molecule has 0 radical (unpaired) electrons. The van der Waals surface area contributed by atoms with Gasteiger partial charge in [-0.1, -0.05) is 127 Å². The second-order valence-electron chi connectivity index (χ2n) is 11.6. The average molecular weight is 626 g/mol. The second kappa shape index (κ2) is 29.0. The molecule has 4 N–H and O–H groups in total. The Morgan fingerprint density at radius 2 is 1.07 bits per heavy atom. The Bertz CT molecular complexity index is 881. The molecule has 3 atom stereocenters. The van der Waals surface area contributed by atoms with E-state index in [0.29, 0.717) is 12.8 Å². The topological polar surface area (TPSA) is 124 Å². The van der Waals surface area contributed by atoms with Crippen LogP contribution in [0.3, 0.4) is 0 Å². The van der Waals surface area contributed by atoms with Crippen LogP contribution in [-0.4, -0.2) is 53.1 Å². The Balaban J connectivity index is 4.28. The molecule has 0 aromatic rings. The van der Waals surface area contributed by atoms with Crippen molar-refractivity contribution >= 4 is 16.0 Å². The van der Waals surface area contributed by atoms with Crippen molar-refractivity contribution in [2.75, 3.05) is 5.75 Å². The summed E-state index contributed by atoms with van der Waals surface area (Å²) < 4.78 is 32.3. The SMILES string of the molecule is CCCC/C=C\CCCCCC(O)C(=O)NC(CS(=O)(=O)O)C(O)/C=C/CC/C=C/CC/C=C/CCCCCCCCC. The highest BCUT2D eigenvalue weighted by atomic mass is 32.2. The molecule has 0 aliphatic carbocycles. The van der Waals surface area contributed by atoms with Gasteiger partial charge in [-0.25, -0.2) is 0 Å². The minimum Gasteiger partial charge on any atom is -0.387 e. The van der Waals surface area contributed by atoms with E-state index in [-0.39, 0.29) is 6.42 Å². The van der Waals surface area contributed by atoms with Crippen LogP contribution in [0.4, 0.5) is 0 Å². The molecule has 8 heteroatoms. The molecule has 0 heterocycles. The van der Waals surface area contributed by atoms with E-state index in [9.17, 15) is 28.0 Å². The Hall–Kier alpha value is -1.74. The molecule has 0 aliphatic heterocycles. The lowest BCUT2D eigenvalue weighted by Crippen LogP contribution is -2.50. The van der Waals surface area contributed by atoms with Crippen LogP contribution in [0.15, 0.2) is 48.6 Å². The summed E-state index contributed by atoms with van der Waals surface area (Å²) >= 11 is 0. The van der Waals surface area contributed by atoms with Crippen molar-refractivity contribution in [1.29, 1.82) is 0 Å². The van der Waals surface area contributed by atoms with Crippen molar-refractivity contribution in [3.63, 3.8) is 0 Å². The zero-order valence-electron chi connectivity index (χ0n) is 27.2. The van der Waals surface area contributed by atoms with Crippen LogP contribution in [-0.2, 0) is 14.9 Å². The van der Waals surface area contributed by atoms with Crippen molar-refractivity contribution in [2.45, 2.75) is 161 Å². The lowest BCUT2D eigenvalue weighted by atomic mass is 10.1. The van der Waals surface area contributed by atoms with Crippen LogP contribution in [0.5, 0.6) is 0 Å². The van der Waals surface area contributed by atoms with Crippen LogP contribution in [0.1, 0.15) is 142 Å². The Morgan fingerprint density at radius 1 is 0.628 bits per heavy atom. The van der Waals surface area contributed by atoms with E-state index < -0.39 is 40.0 Å². The number of rotatable bonds is 29. The number of carbonyl (C=O) groups excluding carboxylic acids is 1. The Kier molecular flexibility index (Phi) is 27.8. The van der Waals surface area contributed by atoms with Crippen LogP contribution in [0.2, 0.25) is 0 Å². The fourth-order valence-electron chi connectivity index (χ4n) is 4.64. The quantitative estimate of drug-likeness (QED) is 0.0378. The van der Waals surface area contributed by atoms with Gasteiger partial charge in [0, 0.05) is 0 Å². The third kappa shape index (κ3) is 28.8. The molecule has 0 aromatic carbocycles. The zero-order valence-corrected chi connectivity index (χ0v) is 28.0. The molecule has 0 aliphatic rings. The number of unbranched alkanes of at least 4 members (excludes halogenated alkanes) is 14. The molecule has 1 amide bonds. The summed E-state index contributed by atoms with van der Waals surface area (Å²) in [4.78, 5) is 12.4. The van der Waals surface area contributed by atoms with Crippen molar-refractivity contribution in [1.82, 2.24) is 5.32 Å². The molecule has 0 fully saturated rings. The number of aliphatic hydroxyl groups excluding tert-OH is 2. The first-order valence-electron chi connectivity index (χ1n) is 16.9. The van der Waals surface area contributed by atoms with Gasteiger partial charge in [-0.15, -0.1) is 0 Å². The summed E-state index contributed by atoms with van der Waals surface area (Å²) in [6, 6.07) is -1.26. The van der Waals surface area contributed by atoms with E-state index in [4.69, 9.17) is 0 Å². The first-order valence-corrected chi connectivity index (χ1v) is 18.6. The number of amides is 1. The standard InChI is InChI=1S/C35H63NO6S/c1-3-5-7-9-11-13-14-15-16-17-18-19-20-22-23-25-27-29-33(37)32(31-43(40,41)42)36-35(39)34(38)30-28-26-24-21-12-10-8-6-4-2/h10,12,16-17,20,22,27,29,32-34,37-38H,3-9,11,13-15,18-19,21,23-26,28,30-31H2,1-2H3,(H,36,39)(H,40,41,42)/b12-10-,17-16+,22-20+,29-27+. The van der Waals surface area contributed by atoms with Gasteiger partial charge in [0.15, 0.2) is 0 Å². The van der Waals surface area contributed by atoms with E-state index in [1.165, 1.54) is 63.9 Å². The first kappa shape index (κ1) is 41.3. The second-order valence-corrected chi connectivity index (χ2v) is 13.1. The van der Waals surface area contributed by atoms with Gasteiger partial charge in [0.25, 0.3) is 10.1 Å². The number of nitrogens with one attached hydrogen (secondary N) is 1. The van der Waals surface area contributed by atoms with Gasteiger partial charge in [0.05, 0.1) is 17.9 Å². The maximum atomic E-state index is 12.4. The predicted molar refractivity (Wildman–Crippen MR) is 181 cm³/mol. The summed E-state index contributed by atoms with van der Waals surface area (Å²) in [6.45, 7) is 4.41. The minimum atomic E-state index is -4.45. The molecule has 250 valence electrons. The molecule has 43 heavy (non-hydrogen) atoms. The largest absolute Gasteiger partial charge is 0.387 e. The highest BCUT2D eigenvalue weighted by Crippen LogP contribution is 2.10. The summed E-state index contributed by atoms with van der Waals surface area (Å²) in [5.74, 6) is -1.59. The van der Waals surface area contributed by atoms with E-state index in [1.54, 1.807) is 6.08 Å². The van der Waals surface area contributed by atoms with Crippen LogP contribution < -0.4 is 5.32 Å². The van der Waals surface area contributed by atoms with E-state index in [2.05, 4.69) is 55.6 Å². The van der Waals surface area contributed by atoms with E-state index in [0.717, 1.165) is 51.4 Å².